The van der Waals surface area contributed by atoms with Gasteiger partial charge in [-0.1, -0.05) is 29.8 Å². The Bertz CT molecular complexity index is 826. The van der Waals surface area contributed by atoms with E-state index in [1.54, 1.807) is 24.3 Å². The topological polar surface area (TPSA) is 72.8 Å². The van der Waals surface area contributed by atoms with Crippen molar-refractivity contribution in [2.45, 2.75) is 24.3 Å². The Morgan fingerprint density at radius 1 is 1.27 bits per heavy atom. The van der Waals surface area contributed by atoms with E-state index in [0.717, 1.165) is 18.2 Å². The van der Waals surface area contributed by atoms with Gasteiger partial charge >= 0.3 is 0 Å². The number of benzene rings is 2. The molecule has 0 spiro atoms. The molecule has 0 aromatic heterocycles. The third kappa shape index (κ3) is 2.44. The van der Waals surface area contributed by atoms with Crippen LogP contribution in [0.1, 0.15) is 22.8 Å². The lowest BCUT2D eigenvalue weighted by Gasteiger charge is -2.16. The van der Waals surface area contributed by atoms with E-state index < -0.39 is 16.2 Å². The second kappa shape index (κ2) is 5.30. The van der Waals surface area contributed by atoms with Gasteiger partial charge in [-0.25, -0.2) is 0 Å². The molecular formula is C16H16O5S. The summed E-state index contributed by atoms with van der Waals surface area (Å²) in [7, 11) is -2.69. The zero-order valence-corrected chi connectivity index (χ0v) is 13.1. The fraction of sp³-hybridized carbons (Fsp3) is 0.250. The molecule has 1 aliphatic rings. The minimum absolute atomic E-state index is 0.0591. The first kappa shape index (κ1) is 14.9. The van der Waals surface area contributed by atoms with E-state index in [1.165, 1.54) is 6.07 Å². The molecule has 2 aromatic carbocycles. The van der Waals surface area contributed by atoms with Gasteiger partial charge in [0.2, 0.25) is 0 Å². The quantitative estimate of drug-likeness (QED) is 0.880. The predicted molar refractivity (Wildman–Crippen MR) is 80.6 cm³/mol. The van der Waals surface area contributed by atoms with Crippen LogP contribution >= 0.6 is 0 Å². The van der Waals surface area contributed by atoms with Crippen LogP contribution < -0.4 is 4.74 Å². The van der Waals surface area contributed by atoms with Crippen molar-refractivity contribution in [2.24, 2.45) is 0 Å². The standard InChI is InChI=1S/C16H16O5S/c1-10-6-7-15(22(18,19)20-2)12(8-10)14-9-11-4-3-5-13(17)16(11)21-14/h3-8,14,17H,9H2,1-2H3. The largest absolute Gasteiger partial charge is 0.504 e. The van der Waals surface area contributed by atoms with Crippen molar-refractivity contribution in [3.8, 4) is 11.5 Å². The van der Waals surface area contributed by atoms with E-state index in [4.69, 9.17) is 4.74 Å². The maximum atomic E-state index is 12.1. The van der Waals surface area contributed by atoms with Crippen molar-refractivity contribution in [1.82, 2.24) is 0 Å². The van der Waals surface area contributed by atoms with Crippen LogP contribution in [0.3, 0.4) is 0 Å². The average Bonchev–Trinajstić information content (AvgIpc) is 2.92. The molecule has 0 saturated heterocycles. The number of aromatic hydroxyl groups is 1. The highest BCUT2D eigenvalue weighted by Gasteiger charge is 2.31. The molecule has 1 unspecified atom stereocenters. The van der Waals surface area contributed by atoms with Crippen molar-refractivity contribution < 1.29 is 22.4 Å². The van der Waals surface area contributed by atoms with E-state index in [-0.39, 0.29) is 10.6 Å². The molecule has 0 aliphatic carbocycles. The number of hydrogen-bond acceptors (Lipinski definition) is 5. The number of rotatable bonds is 3. The Kier molecular flexibility index (Phi) is 3.58. The third-order valence-corrected chi connectivity index (χ3v) is 5.09. The Balaban J connectivity index is 2.08. The summed E-state index contributed by atoms with van der Waals surface area (Å²) >= 11 is 0. The number of aryl methyl sites for hydroxylation is 1. The maximum Gasteiger partial charge on any atom is 0.297 e. The summed E-state index contributed by atoms with van der Waals surface area (Å²) in [6, 6.07) is 10.2. The Hall–Kier alpha value is -2.05. The molecule has 22 heavy (non-hydrogen) atoms. The molecule has 0 fully saturated rings. The third-order valence-electron chi connectivity index (χ3n) is 3.74. The molecule has 0 radical (unpaired) electrons. The van der Waals surface area contributed by atoms with Crippen molar-refractivity contribution in [3.63, 3.8) is 0 Å². The van der Waals surface area contributed by atoms with Crippen molar-refractivity contribution in [3.05, 3.63) is 53.1 Å². The fourth-order valence-corrected chi connectivity index (χ4v) is 3.56. The van der Waals surface area contributed by atoms with Crippen LogP contribution in [0.25, 0.3) is 0 Å². The minimum Gasteiger partial charge on any atom is -0.504 e. The minimum atomic E-state index is -3.82. The van der Waals surface area contributed by atoms with Gasteiger partial charge in [-0.2, -0.15) is 8.42 Å². The van der Waals surface area contributed by atoms with E-state index in [0.29, 0.717) is 17.7 Å². The highest BCUT2D eigenvalue weighted by atomic mass is 32.2. The first-order valence-electron chi connectivity index (χ1n) is 6.81. The molecule has 1 aliphatic heterocycles. The monoisotopic (exact) mass is 320 g/mol. The molecule has 0 saturated carbocycles. The Morgan fingerprint density at radius 3 is 2.73 bits per heavy atom. The Morgan fingerprint density at radius 2 is 2.05 bits per heavy atom. The van der Waals surface area contributed by atoms with Crippen LogP contribution in [0.4, 0.5) is 0 Å². The lowest BCUT2D eigenvalue weighted by Crippen LogP contribution is -2.12. The summed E-state index contributed by atoms with van der Waals surface area (Å²) < 4.78 is 34.6. The highest BCUT2D eigenvalue weighted by molar-refractivity contribution is 7.86. The summed E-state index contributed by atoms with van der Waals surface area (Å²) in [4.78, 5) is 0.0953. The summed E-state index contributed by atoms with van der Waals surface area (Å²) in [5, 5.41) is 9.86. The smallest absolute Gasteiger partial charge is 0.297 e. The molecule has 116 valence electrons. The number of ether oxygens (including phenoxy) is 1. The van der Waals surface area contributed by atoms with Gasteiger partial charge in [0.25, 0.3) is 10.1 Å². The molecule has 3 rings (SSSR count). The molecule has 1 N–H and O–H groups in total. The molecule has 2 aromatic rings. The summed E-state index contributed by atoms with van der Waals surface area (Å²) in [5.74, 6) is 0.471. The molecule has 5 nitrogen and oxygen atoms in total. The SMILES string of the molecule is COS(=O)(=O)c1ccc(C)cc1C1Cc2cccc(O)c2O1. The fourth-order valence-electron chi connectivity index (χ4n) is 2.66. The van der Waals surface area contributed by atoms with Crippen LogP contribution in [0.5, 0.6) is 11.5 Å². The summed E-state index contributed by atoms with van der Waals surface area (Å²) in [6.07, 6.45) is 0.0301. The van der Waals surface area contributed by atoms with Crippen LogP contribution in [0.2, 0.25) is 0 Å². The van der Waals surface area contributed by atoms with Crippen LogP contribution in [-0.2, 0) is 20.7 Å². The second-order valence-corrected chi connectivity index (χ2v) is 6.92. The van der Waals surface area contributed by atoms with E-state index >= 15 is 0 Å². The van der Waals surface area contributed by atoms with Crippen LogP contribution in [0, 0.1) is 6.92 Å². The zero-order valence-electron chi connectivity index (χ0n) is 12.2. The first-order valence-corrected chi connectivity index (χ1v) is 8.22. The first-order chi connectivity index (χ1) is 10.4. The van der Waals surface area contributed by atoms with Crippen molar-refractivity contribution in [2.75, 3.05) is 7.11 Å². The molecule has 0 amide bonds. The van der Waals surface area contributed by atoms with Crippen LogP contribution in [-0.4, -0.2) is 20.6 Å². The van der Waals surface area contributed by atoms with Gasteiger partial charge in [0.05, 0.1) is 7.11 Å². The number of fused-ring (bicyclic) bond motifs is 1. The maximum absolute atomic E-state index is 12.1. The molecule has 1 heterocycles. The van der Waals surface area contributed by atoms with Gasteiger partial charge in [-0.15, -0.1) is 0 Å². The van der Waals surface area contributed by atoms with Gasteiger partial charge in [0.1, 0.15) is 11.0 Å². The van der Waals surface area contributed by atoms with Gasteiger partial charge in [0.15, 0.2) is 11.5 Å². The lowest BCUT2D eigenvalue weighted by molar-refractivity contribution is 0.226. The highest BCUT2D eigenvalue weighted by Crippen LogP contribution is 2.43. The Labute approximate surface area is 129 Å². The lowest BCUT2D eigenvalue weighted by atomic mass is 10.0. The number of phenolic OH excluding ortho intramolecular Hbond substituents is 1. The predicted octanol–water partition coefficient (Wildman–Crippen LogP) is 2.71. The molecule has 0 bridgehead atoms. The number of hydrogen-bond donors (Lipinski definition) is 1. The molecular weight excluding hydrogens is 304 g/mol. The van der Waals surface area contributed by atoms with E-state index in [9.17, 15) is 13.5 Å². The second-order valence-electron chi connectivity index (χ2n) is 5.24. The van der Waals surface area contributed by atoms with Gasteiger partial charge in [0, 0.05) is 17.5 Å². The molecule has 1 atom stereocenters. The summed E-state index contributed by atoms with van der Waals surface area (Å²) in [6.45, 7) is 1.88. The number of phenols is 1. The van der Waals surface area contributed by atoms with Gasteiger partial charge < -0.3 is 9.84 Å². The molecule has 6 heteroatoms. The van der Waals surface area contributed by atoms with Crippen molar-refractivity contribution in [1.29, 1.82) is 0 Å². The normalized spacial score (nSPS) is 17.1. The van der Waals surface area contributed by atoms with Crippen LogP contribution in [0.15, 0.2) is 41.3 Å². The van der Waals surface area contributed by atoms with Gasteiger partial charge in [-0.05, 0) is 19.1 Å². The van der Waals surface area contributed by atoms with Gasteiger partial charge in [-0.3, -0.25) is 4.18 Å². The zero-order chi connectivity index (χ0) is 15.9. The van der Waals surface area contributed by atoms with Crippen molar-refractivity contribution >= 4 is 10.1 Å². The van der Waals surface area contributed by atoms with E-state index in [2.05, 4.69) is 4.18 Å². The van der Waals surface area contributed by atoms with E-state index in [1.807, 2.05) is 13.0 Å². The summed E-state index contributed by atoms with van der Waals surface area (Å²) in [5.41, 5.74) is 2.32. The average molecular weight is 320 g/mol. The number of para-hydroxylation sites is 1.